The van der Waals surface area contributed by atoms with Gasteiger partial charge >= 0.3 is 5.97 Å². The maximum Gasteiger partial charge on any atom is 0.317 e. The molecule has 4 rings (SSSR count). The summed E-state index contributed by atoms with van der Waals surface area (Å²) in [5, 5.41) is 17.6. The highest BCUT2D eigenvalue weighted by molar-refractivity contribution is 8.00. The van der Waals surface area contributed by atoms with Crippen LogP contribution in [0.3, 0.4) is 0 Å². The third-order valence-electron chi connectivity index (χ3n) is 5.18. The Bertz CT molecular complexity index is 1410. The second-order valence-electron chi connectivity index (χ2n) is 7.39. The molecule has 0 saturated carbocycles. The Morgan fingerprint density at radius 1 is 1.15 bits per heavy atom. The van der Waals surface area contributed by atoms with Crippen molar-refractivity contribution in [2.24, 2.45) is 0 Å². The quantitative estimate of drug-likeness (QED) is 0.345. The van der Waals surface area contributed by atoms with Crippen LogP contribution in [0.15, 0.2) is 70.4 Å². The lowest BCUT2D eigenvalue weighted by molar-refractivity contribution is -0.136. The van der Waals surface area contributed by atoms with E-state index in [0.29, 0.717) is 21.5 Å². The van der Waals surface area contributed by atoms with Crippen LogP contribution < -0.4 is 10.3 Å². The summed E-state index contributed by atoms with van der Waals surface area (Å²) in [7, 11) is 1.40. The van der Waals surface area contributed by atoms with Crippen LogP contribution in [0.1, 0.15) is 6.42 Å². The van der Waals surface area contributed by atoms with Crippen LogP contribution in [0.4, 0.5) is 4.39 Å². The zero-order chi connectivity index (χ0) is 24.2. The van der Waals surface area contributed by atoms with Crippen LogP contribution in [0.5, 0.6) is 5.75 Å². The van der Waals surface area contributed by atoms with Gasteiger partial charge in [0.15, 0.2) is 11.6 Å². The van der Waals surface area contributed by atoms with Gasteiger partial charge in [0.05, 0.1) is 12.5 Å². The molecule has 34 heavy (non-hydrogen) atoms. The van der Waals surface area contributed by atoms with E-state index in [0.717, 1.165) is 15.1 Å². The van der Waals surface area contributed by atoms with E-state index in [1.807, 2.05) is 0 Å². The summed E-state index contributed by atoms with van der Waals surface area (Å²) in [6, 6.07) is 16.6. The van der Waals surface area contributed by atoms with E-state index >= 15 is 0 Å². The number of carbonyl (C=O) groups is 1. The van der Waals surface area contributed by atoms with E-state index in [4.69, 9.17) is 16.3 Å². The molecule has 0 bridgehead atoms. The number of aromatic nitrogens is 3. The zero-order valence-corrected chi connectivity index (χ0v) is 19.5. The lowest BCUT2D eigenvalue weighted by atomic mass is 10.1. The van der Waals surface area contributed by atoms with E-state index in [9.17, 15) is 19.1 Å². The molecule has 1 heterocycles. The minimum atomic E-state index is -1.00. The number of aryl methyl sites for hydroxylation is 1. The molecule has 0 fully saturated rings. The Balaban J connectivity index is 1.46. The van der Waals surface area contributed by atoms with E-state index in [1.165, 1.54) is 24.9 Å². The number of hydrogen-bond acceptors (Lipinski definition) is 6. The molecule has 1 atom stereocenters. The fourth-order valence-electron chi connectivity index (χ4n) is 3.40. The van der Waals surface area contributed by atoms with Crippen molar-refractivity contribution in [2.45, 2.75) is 23.1 Å². The van der Waals surface area contributed by atoms with E-state index in [1.54, 1.807) is 54.6 Å². The Labute approximate surface area is 203 Å². The number of methoxy groups -OCH3 is 1. The summed E-state index contributed by atoms with van der Waals surface area (Å²) < 4.78 is 20.1. The standard InChI is InChI=1S/C24H19ClFN3O4S/c1-33-21-9-4-15(12-19(21)26)14-2-6-17(7-3-14)34-22(24(31)32)10-11-29-23(30)18-8-5-16(25)13-20(18)27-28-29/h2-9,12-13,22H,10-11H2,1H3,(H,31,32). The van der Waals surface area contributed by atoms with Crippen LogP contribution in [-0.2, 0) is 11.3 Å². The number of carboxylic acids is 1. The van der Waals surface area contributed by atoms with Gasteiger partial charge in [0.1, 0.15) is 10.8 Å². The number of nitrogens with zero attached hydrogens (tertiary/aromatic N) is 3. The monoisotopic (exact) mass is 499 g/mol. The number of fused-ring (bicyclic) bond motifs is 1. The number of benzene rings is 3. The summed E-state index contributed by atoms with van der Waals surface area (Å²) in [6.07, 6.45) is 0.166. The van der Waals surface area contributed by atoms with Gasteiger partial charge < -0.3 is 9.84 Å². The van der Waals surface area contributed by atoms with Gasteiger partial charge in [-0.25, -0.2) is 9.07 Å². The normalized spacial score (nSPS) is 12.0. The fraction of sp³-hybridized carbons (Fsp3) is 0.167. The lowest BCUT2D eigenvalue weighted by Gasteiger charge is -2.13. The number of aliphatic carboxylic acids is 1. The van der Waals surface area contributed by atoms with Gasteiger partial charge in [0, 0.05) is 16.5 Å². The first-order valence-electron chi connectivity index (χ1n) is 10.2. The summed E-state index contributed by atoms with van der Waals surface area (Å²) >= 11 is 7.09. The molecule has 0 spiro atoms. The minimum absolute atomic E-state index is 0.0948. The van der Waals surface area contributed by atoms with Crippen molar-refractivity contribution in [1.82, 2.24) is 15.0 Å². The zero-order valence-electron chi connectivity index (χ0n) is 17.9. The molecule has 1 unspecified atom stereocenters. The van der Waals surface area contributed by atoms with Crippen molar-refractivity contribution in [3.05, 3.63) is 81.9 Å². The van der Waals surface area contributed by atoms with Gasteiger partial charge in [-0.3, -0.25) is 9.59 Å². The molecule has 4 aromatic rings. The number of thioether (sulfide) groups is 1. The maximum atomic E-state index is 14.0. The van der Waals surface area contributed by atoms with Crippen LogP contribution >= 0.6 is 23.4 Å². The van der Waals surface area contributed by atoms with Gasteiger partial charge in [-0.15, -0.1) is 16.9 Å². The van der Waals surface area contributed by atoms with E-state index in [-0.39, 0.29) is 24.3 Å². The summed E-state index contributed by atoms with van der Waals surface area (Å²) in [5.74, 6) is -1.29. The Kier molecular flexibility index (Phi) is 7.14. The molecule has 0 amide bonds. The highest BCUT2D eigenvalue weighted by atomic mass is 35.5. The van der Waals surface area contributed by atoms with Crippen molar-refractivity contribution in [1.29, 1.82) is 0 Å². The van der Waals surface area contributed by atoms with Gasteiger partial charge in [-0.05, 0) is 60.0 Å². The maximum absolute atomic E-state index is 14.0. The minimum Gasteiger partial charge on any atom is -0.494 e. The second-order valence-corrected chi connectivity index (χ2v) is 9.10. The Morgan fingerprint density at radius 2 is 1.88 bits per heavy atom. The van der Waals surface area contributed by atoms with Crippen LogP contribution in [0, 0.1) is 5.82 Å². The summed E-state index contributed by atoms with van der Waals surface area (Å²) in [6.45, 7) is 0.0948. The molecule has 0 radical (unpaired) electrons. The number of halogens is 2. The molecular weight excluding hydrogens is 481 g/mol. The molecule has 7 nitrogen and oxygen atoms in total. The largest absolute Gasteiger partial charge is 0.494 e. The Morgan fingerprint density at radius 3 is 2.56 bits per heavy atom. The molecule has 0 aliphatic heterocycles. The van der Waals surface area contributed by atoms with Crippen molar-refractivity contribution in [2.75, 3.05) is 7.11 Å². The smallest absolute Gasteiger partial charge is 0.317 e. The average molecular weight is 500 g/mol. The molecule has 174 valence electrons. The van der Waals surface area contributed by atoms with Gasteiger partial charge in [-0.1, -0.05) is 35.0 Å². The molecule has 3 aromatic carbocycles. The van der Waals surface area contributed by atoms with E-state index in [2.05, 4.69) is 10.3 Å². The summed E-state index contributed by atoms with van der Waals surface area (Å²) in [5.41, 5.74) is 1.50. The lowest BCUT2D eigenvalue weighted by Crippen LogP contribution is -2.27. The predicted octanol–water partition coefficient (Wildman–Crippen LogP) is 4.90. The summed E-state index contributed by atoms with van der Waals surface area (Å²) in [4.78, 5) is 25.2. The van der Waals surface area contributed by atoms with Crippen molar-refractivity contribution in [3.8, 4) is 16.9 Å². The topological polar surface area (TPSA) is 94.3 Å². The van der Waals surface area contributed by atoms with Gasteiger partial charge in [0.25, 0.3) is 5.56 Å². The van der Waals surface area contributed by atoms with E-state index < -0.39 is 17.0 Å². The van der Waals surface area contributed by atoms with Gasteiger partial charge in [0.2, 0.25) is 0 Å². The highest BCUT2D eigenvalue weighted by Crippen LogP contribution is 2.30. The van der Waals surface area contributed by atoms with Crippen LogP contribution in [0.25, 0.3) is 22.0 Å². The van der Waals surface area contributed by atoms with Crippen molar-refractivity contribution in [3.63, 3.8) is 0 Å². The number of ether oxygens (including phenoxy) is 1. The third-order valence-corrected chi connectivity index (χ3v) is 6.68. The predicted molar refractivity (Wildman–Crippen MR) is 129 cm³/mol. The van der Waals surface area contributed by atoms with Crippen molar-refractivity contribution < 1.29 is 19.0 Å². The molecular formula is C24H19ClFN3O4S. The molecule has 0 aliphatic rings. The fourth-order valence-corrected chi connectivity index (χ4v) is 4.52. The second kappa shape index (κ2) is 10.2. The first-order chi connectivity index (χ1) is 16.4. The van der Waals surface area contributed by atoms with Crippen LogP contribution in [0.2, 0.25) is 5.02 Å². The molecule has 10 heteroatoms. The average Bonchev–Trinajstić information content (AvgIpc) is 2.83. The van der Waals surface area contributed by atoms with Crippen molar-refractivity contribution >= 4 is 40.2 Å². The number of carboxylic acid groups (broad SMARTS) is 1. The number of rotatable bonds is 8. The first kappa shape index (κ1) is 23.7. The molecule has 1 N–H and O–H groups in total. The Hall–Kier alpha value is -3.43. The third kappa shape index (κ3) is 5.21. The molecule has 0 aliphatic carbocycles. The number of hydrogen-bond donors (Lipinski definition) is 1. The highest BCUT2D eigenvalue weighted by Gasteiger charge is 2.20. The molecule has 0 saturated heterocycles. The van der Waals surface area contributed by atoms with Crippen LogP contribution in [-0.4, -0.2) is 38.4 Å². The SMILES string of the molecule is COc1ccc(-c2ccc(SC(CCn3nnc4cc(Cl)ccc4c3=O)C(=O)O)cc2)cc1F. The first-order valence-corrected chi connectivity index (χ1v) is 11.5. The molecule has 1 aromatic heterocycles. The van der Waals surface area contributed by atoms with Gasteiger partial charge in [-0.2, -0.15) is 0 Å².